The van der Waals surface area contributed by atoms with Gasteiger partial charge in [-0.05, 0) is 12.8 Å². The van der Waals surface area contributed by atoms with Crippen LogP contribution in [0.15, 0.2) is 6.20 Å². The molecule has 1 N–H and O–H groups in total. The molecule has 17 heavy (non-hydrogen) atoms. The van der Waals surface area contributed by atoms with Gasteiger partial charge in [0, 0.05) is 11.1 Å². The Morgan fingerprint density at radius 1 is 1.59 bits per heavy atom. The number of nitriles is 1. The normalized spacial score (nSPS) is 13.2. The Balaban J connectivity index is 2.64. The highest BCUT2D eigenvalue weighted by molar-refractivity contribution is 7.90. The fourth-order valence-corrected chi connectivity index (χ4v) is 3.25. The molecule has 0 radical (unpaired) electrons. The maximum atomic E-state index is 11.7. The van der Waals surface area contributed by atoms with E-state index in [1.54, 1.807) is 19.2 Å². The zero-order valence-corrected chi connectivity index (χ0v) is 11.4. The van der Waals surface area contributed by atoms with Crippen LogP contribution in [0.4, 0.5) is 0 Å². The van der Waals surface area contributed by atoms with E-state index in [0.29, 0.717) is 0 Å². The Bertz CT molecular complexity index is 502. The van der Waals surface area contributed by atoms with Gasteiger partial charge in [0.15, 0.2) is 5.25 Å². The Kier molecular flexibility index (Phi) is 5.05. The second kappa shape index (κ2) is 6.10. The molecule has 1 heterocycles. The van der Waals surface area contributed by atoms with Crippen molar-refractivity contribution in [3.63, 3.8) is 0 Å². The first kappa shape index (κ1) is 14.1. The third-order valence-corrected chi connectivity index (χ3v) is 5.14. The second-order valence-electron chi connectivity index (χ2n) is 3.47. The van der Waals surface area contributed by atoms with E-state index >= 15 is 0 Å². The first-order valence-corrected chi connectivity index (χ1v) is 7.71. The molecule has 0 aromatic carbocycles. The highest BCUT2D eigenvalue weighted by Crippen LogP contribution is 2.13. The third-order valence-electron chi connectivity index (χ3n) is 2.26. The average Bonchev–Trinajstić information content (AvgIpc) is 2.75. The van der Waals surface area contributed by atoms with Crippen LogP contribution in [0.2, 0.25) is 0 Å². The van der Waals surface area contributed by atoms with Crippen LogP contribution in [0.3, 0.4) is 0 Å². The average molecular weight is 273 g/mol. The zero-order chi connectivity index (χ0) is 12.9. The van der Waals surface area contributed by atoms with Gasteiger partial charge < -0.3 is 0 Å². The standard InChI is InChI=1S/C10H15N3O2S2/c1-3-8-6-12-10(16-8)7-13-17(14,15)9(4-2)5-11/h6,9,13H,3-4,7H2,1-2H3. The number of sulfonamides is 1. The minimum Gasteiger partial charge on any atom is -0.248 e. The van der Waals surface area contributed by atoms with E-state index in [9.17, 15) is 8.42 Å². The van der Waals surface area contributed by atoms with Crippen molar-refractivity contribution in [3.05, 3.63) is 16.1 Å². The van der Waals surface area contributed by atoms with Gasteiger partial charge in [-0.1, -0.05) is 13.8 Å². The van der Waals surface area contributed by atoms with Crippen LogP contribution in [0, 0.1) is 11.3 Å². The van der Waals surface area contributed by atoms with Crippen LogP contribution in [0.25, 0.3) is 0 Å². The summed E-state index contributed by atoms with van der Waals surface area (Å²) < 4.78 is 25.8. The van der Waals surface area contributed by atoms with Crippen molar-refractivity contribution in [2.45, 2.75) is 38.5 Å². The number of hydrogen-bond acceptors (Lipinski definition) is 5. The topological polar surface area (TPSA) is 82.8 Å². The number of nitrogens with one attached hydrogen (secondary N) is 1. The summed E-state index contributed by atoms with van der Waals surface area (Å²) in [6.07, 6.45) is 2.92. The smallest absolute Gasteiger partial charge is 0.228 e. The van der Waals surface area contributed by atoms with E-state index < -0.39 is 15.3 Å². The minimum atomic E-state index is -3.56. The van der Waals surface area contributed by atoms with Crippen LogP contribution in [-0.4, -0.2) is 18.7 Å². The Labute approximate surface area is 106 Å². The van der Waals surface area contributed by atoms with E-state index in [1.165, 1.54) is 11.3 Å². The molecule has 7 heteroatoms. The van der Waals surface area contributed by atoms with Crippen molar-refractivity contribution >= 4 is 21.4 Å². The highest BCUT2D eigenvalue weighted by atomic mass is 32.2. The van der Waals surface area contributed by atoms with Crippen molar-refractivity contribution in [3.8, 4) is 6.07 Å². The van der Waals surface area contributed by atoms with Gasteiger partial charge in [-0.2, -0.15) is 5.26 Å². The van der Waals surface area contributed by atoms with Gasteiger partial charge in [-0.15, -0.1) is 11.3 Å². The summed E-state index contributed by atoms with van der Waals surface area (Å²) in [5.74, 6) is 0. The fourth-order valence-electron chi connectivity index (χ4n) is 1.24. The van der Waals surface area contributed by atoms with Gasteiger partial charge in [0.1, 0.15) is 5.01 Å². The SMILES string of the molecule is CCc1cnc(CNS(=O)(=O)C(C#N)CC)s1. The first-order chi connectivity index (χ1) is 8.03. The Morgan fingerprint density at radius 2 is 2.29 bits per heavy atom. The van der Waals surface area contributed by atoms with Gasteiger partial charge in [-0.25, -0.2) is 18.1 Å². The van der Waals surface area contributed by atoms with Crippen LogP contribution in [-0.2, 0) is 23.0 Å². The number of thiazole rings is 1. The molecule has 0 aliphatic carbocycles. The molecule has 1 atom stereocenters. The van der Waals surface area contributed by atoms with E-state index in [1.807, 2.05) is 6.92 Å². The fraction of sp³-hybridized carbons (Fsp3) is 0.600. The summed E-state index contributed by atoms with van der Waals surface area (Å²) in [5, 5.41) is 8.45. The number of aryl methyl sites for hydroxylation is 1. The maximum absolute atomic E-state index is 11.7. The van der Waals surface area contributed by atoms with Crippen molar-refractivity contribution < 1.29 is 8.42 Å². The quantitative estimate of drug-likeness (QED) is 0.850. The van der Waals surface area contributed by atoms with Crippen molar-refractivity contribution in [2.75, 3.05) is 0 Å². The molecule has 0 aliphatic heterocycles. The van der Waals surface area contributed by atoms with Gasteiger partial charge in [-0.3, -0.25) is 0 Å². The van der Waals surface area contributed by atoms with E-state index in [-0.39, 0.29) is 13.0 Å². The zero-order valence-electron chi connectivity index (χ0n) is 9.80. The Hall–Kier alpha value is -0.970. The molecule has 94 valence electrons. The predicted molar refractivity (Wildman–Crippen MR) is 66.9 cm³/mol. The predicted octanol–water partition coefficient (Wildman–Crippen LogP) is 1.43. The molecule has 1 aromatic rings. The van der Waals surface area contributed by atoms with Gasteiger partial charge in [0.2, 0.25) is 10.0 Å². The number of nitrogens with zero attached hydrogens (tertiary/aromatic N) is 2. The molecular weight excluding hydrogens is 258 g/mol. The molecule has 0 spiro atoms. The molecule has 0 aliphatic rings. The molecule has 0 bridgehead atoms. The summed E-state index contributed by atoms with van der Waals surface area (Å²) in [6, 6.07) is 1.78. The summed E-state index contributed by atoms with van der Waals surface area (Å²) in [7, 11) is -3.56. The summed E-state index contributed by atoms with van der Waals surface area (Å²) in [4.78, 5) is 5.23. The molecule has 0 amide bonds. The third kappa shape index (κ3) is 3.77. The molecule has 0 saturated heterocycles. The molecule has 1 unspecified atom stereocenters. The summed E-state index contributed by atoms with van der Waals surface area (Å²) in [5.41, 5.74) is 0. The maximum Gasteiger partial charge on any atom is 0.228 e. The largest absolute Gasteiger partial charge is 0.248 e. The lowest BCUT2D eigenvalue weighted by Gasteiger charge is -2.08. The lowest BCUT2D eigenvalue weighted by molar-refractivity contribution is 0.572. The summed E-state index contributed by atoms with van der Waals surface area (Å²) in [6.45, 7) is 3.85. The molecule has 1 aromatic heterocycles. The van der Waals surface area contributed by atoms with Gasteiger partial charge in [0.05, 0.1) is 12.6 Å². The molecule has 5 nitrogen and oxygen atoms in total. The monoisotopic (exact) mass is 273 g/mol. The first-order valence-electron chi connectivity index (χ1n) is 5.35. The van der Waals surface area contributed by atoms with Gasteiger partial charge in [0.25, 0.3) is 0 Å². The Morgan fingerprint density at radius 3 is 2.76 bits per heavy atom. The molecule has 1 rings (SSSR count). The lowest BCUT2D eigenvalue weighted by Crippen LogP contribution is -2.32. The van der Waals surface area contributed by atoms with Crippen LogP contribution >= 0.6 is 11.3 Å². The van der Waals surface area contributed by atoms with Crippen molar-refractivity contribution in [2.24, 2.45) is 0 Å². The van der Waals surface area contributed by atoms with E-state index in [4.69, 9.17) is 5.26 Å². The molecule has 0 saturated carbocycles. The van der Waals surface area contributed by atoms with Crippen LogP contribution in [0.1, 0.15) is 30.2 Å². The lowest BCUT2D eigenvalue weighted by atomic mass is 10.4. The highest BCUT2D eigenvalue weighted by Gasteiger charge is 2.23. The number of aromatic nitrogens is 1. The minimum absolute atomic E-state index is 0.158. The van der Waals surface area contributed by atoms with E-state index in [2.05, 4.69) is 9.71 Å². The molecular formula is C10H15N3O2S2. The summed E-state index contributed by atoms with van der Waals surface area (Å²) >= 11 is 1.48. The second-order valence-corrected chi connectivity index (χ2v) is 6.61. The van der Waals surface area contributed by atoms with Crippen molar-refractivity contribution in [1.29, 1.82) is 5.26 Å². The number of rotatable bonds is 6. The van der Waals surface area contributed by atoms with Gasteiger partial charge >= 0.3 is 0 Å². The van der Waals surface area contributed by atoms with Crippen molar-refractivity contribution in [1.82, 2.24) is 9.71 Å². The van der Waals surface area contributed by atoms with Crippen LogP contribution in [0.5, 0.6) is 0 Å². The molecule has 0 fully saturated rings. The van der Waals surface area contributed by atoms with E-state index in [0.717, 1.165) is 16.3 Å². The number of hydrogen-bond donors (Lipinski definition) is 1. The van der Waals surface area contributed by atoms with Crippen LogP contribution < -0.4 is 4.72 Å².